The topological polar surface area (TPSA) is 139 Å². The predicted molar refractivity (Wildman–Crippen MR) is 66.1 cm³/mol. The van der Waals surface area contributed by atoms with Crippen LogP contribution >= 0.6 is 0 Å². The van der Waals surface area contributed by atoms with Crippen molar-refractivity contribution in [3.8, 4) is 0 Å². The molecule has 3 heterocycles. The van der Waals surface area contributed by atoms with Gasteiger partial charge in [-0.15, -0.1) is 5.10 Å². The highest BCUT2D eigenvalue weighted by atomic mass is 19.1. The zero-order valence-electron chi connectivity index (χ0n) is 10.7. The molecule has 0 amide bonds. The zero-order chi connectivity index (χ0) is 15.0. The van der Waals surface area contributed by atoms with Gasteiger partial charge < -0.3 is 20.7 Å². The SMILES string of the molecule is Nc1nn2c([C@@H]3O[C@@]4(CO)C[C@]4(O)[C@H]3F)cnc2c(=O)[nH]1. The van der Waals surface area contributed by atoms with Crippen LogP contribution in [0.25, 0.3) is 5.65 Å². The van der Waals surface area contributed by atoms with Crippen molar-refractivity contribution in [2.24, 2.45) is 0 Å². The first-order chi connectivity index (χ1) is 9.92. The smallest absolute Gasteiger partial charge is 0.295 e. The number of fused-ring (bicyclic) bond motifs is 2. The van der Waals surface area contributed by atoms with Crippen molar-refractivity contribution in [3.05, 3.63) is 22.2 Å². The monoisotopic (exact) mass is 297 g/mol. The normalized spacial score (nSPS) is 37.9. The number of nitrogens with one attached hydrogen (secondary N) is 1. The van der Waals surface area contributed by atoms with Gasteiger partial charge in [0.1, 0.15) is 17.3 Å². The Kier molecular flexibility index (Phi) is 2.17. The van der Waals surface area contributed by atoms with Crippen LogP contribution in [0.2, 0.25) is 0 Å². The van der Waals surface area contributed by atoms with Crippen molar-refractivity contribution in [1.82, 2.24) is 19.6 Å². The summed E-state index contributed by atoms with van der Waals surface area (Å²) in [7, 11) is 0. The van der Waals surface area contributed by atoms with E-state index in [1.54, 1.807) is 0 Å². The average molecular weight is 297 g/mol. The van der Waals surface area contributed by atoms with Crippen molar-refractivity contribution < 1.29 is 19.3 Å². The number of hydrogen-bond donors (Lipinski definition) is 4. The number of aromatic amines is 1. The Balaban J connectivity index is 1.84. The van der Waals surface area contributed by atoms with Gasteiger partial charge in [0, 0.05) is 6.42 Å². The highest BCUT2D eigenvalue weighted by molar-refractivity contribution is 5.40. The molecule has 5 N–H and O–H groups in total. The van der Waals surface area contributed by atoms with Gasteiger partial charge >= 0.3 is 0 Å². The summed E-state index contributed by atoms with van der Waals surface area (Å²) in [6.07, 6.45) is -1.67. The summed E-state index contributed by atoms with van der Waals surface area (Å²) in [5.74, 6) is -0.152. The molecule has 2 fully saturated rings. The van der Waals surface area contributed by atoms with Gasteiger partial charge in [-0.1, -0.05) is 0 Å². The molecular formula is C11H12FN5O4. The third-order valence-corrected chi connectivity index (χ3v) is 4.26. The maximum atomic E-state index is 14.5. The van der Waals surface area contributed by atoms with E-state index < -0.39 is 35.6 Å². The Morgan fingerprint density at radius 3 is 3.10 bits per heavy atom. The number of nitrogens with two attached hydrogens (primary N) is 1. The van der Waals surface area contributed by atoms with Crippen molar-refractivity contribution >= 4 is 11.6 Å². The molecule has 9 nitrogen and oxygen atoms in total. The Morgan fingerprint density at radius 1 is 1.67 bits per heavy atom. The third-order valence-electron chi connectivity index (χ3n) is 4.26. The Bertz CT molecular complexity index is 803. The van der Waals surface area contributed by atoms with E-state index in [1.807, 2.05) is 0 Å². The number of nitrogens with zero attached hydrogens (tertiary/aromatic N) is 3. The van der Waals surface area contributed by atoms with Gasteiger partial charge in [0.15, 0.2) is 6.17 Å². The molecule has 1 aliphatic carbocycles. The number of rotatable bonds is 2. The molecule has 10 heteroatoms. The van der Waals surface area contributed by atoms with Gasteiger partial charge in [0.2, 0.25) is 11.6 Å². The van der Waals surface area contributed by atoms with E-state index in [1.165, 1.54) is 6.20 Å². The van der Waals surface area contributed by atoms with E-state index in [4.69, 9.17) is 10.5 Å². The Labute approximate surface area is 116 Å². The molecule has 0 bridgehead atoms. The van der Waals surface area contributed by atoms with Crippen LogP contribution in [0.4, 0.5) is 10.3 Å². The lowest BCUT2D eigenvalue weighted by molar-refractivity contribution is -0.0465. The number of H-pyrrole nitrogens is 1. The maximum Gasteiger partial charge on any atom is 0.295 e. The van der Waals surface area contributed by atoms with Gasteiger partial charge in [-0.3, -0.25) is 9.78 Å². The number of aromatic nitrogens is 4. The predicted octanol–water partition coefficient (Wildman–Crippen LogP) is -1.72. The first kappa shape index (κ1) is 12.7. The molecule has 1 saturated carbocycles. The molecule has 4 rings (SSSR count). The molecule has 0 aromatic carbocycles. The molecule has 112 valence electrons. The number of imidazole rings is 1. The minimum Gasteiger partial charge on any atom is -0.393 e. The highest BCUT2D eigenvalue weighted by Crippen LogP contribution is 2.64. The van der Waals surface area contributed by atoms with Crippen LogP contribution in [0.5, 0.6) is 0 Å². The van der Waals surface area contributed by atoms with Crippen molar-refractivity contribution in [1.29, 1.82) is 0 Å². The second-order valence-corrected chi connectivity index (χ2v) is 5.45. The summed E-state index contributed by atoms with van der Waals surface area (Å²) in [6.45, 7) is -0.493. The molecule has 2 aromatic rings. The standard InChI is InChI=1S/C11H12FN5O4/c12-6-5(21-10(3-18)2-11(6,10)20)4-1-14-7-8(19)15-9(13)16-17(4)7/h1,5-6,18,20H,2-3H2,(H3,13,15,16,19)/t5-,6-,10+,11-/m0/s1. The first-order valence-corrected chi connectivity index (χ1v) is 6.30. The number of aliphatic hydroxyl groups excluding tert-OH is 1. The fourth-order valence-electron chi connectivity index (χ4n) is 3.00. The van der Waals surface area contributed by atoms with Gasteiger partial charge in [-0.2, -0.15) is 0 Å². The number of ether oxygens (including phenoxy) is 1. The van der Waals surface area contributed by atoms with Crippen molar-refractivity contribution in [3.63, 3.8) is 0 Å². The van der Waals surface area contributed by atoms with E-state index in [0.29, 0.717) is 0 Å². The summed E-state index contributed by atoms with van der Waals surface area (Å²) < 4.78 is 21.0. The summed E-state index contributed by atoms with van der Waals surface area (Å²) >= 11 is 0. The number of alkyl halides is 1. The lowest BCUT2D eigenvalue weighted by Gasteiger charge is -2.17. The lowest BCUT2D eigenvalue weighted by atomic mass is 10.1. The van der Waals surface area contributed by atoms with E-state index >= 15 is 0 Å². The summed E-state index contributed by atoms with van der Waals surface area (Å²) in [5.41, 5.74) is 1.98. The summed E-state index contributed by atoms with van der Waals surface area (Å²) in [5, 5.41) is 23.3. The number of halogens is 1. The highest BCUT2D eigenvalue weighted by Gasteiger charge is 2.80. The van der Waals surface area contributed by atoms with Crippen LogP contribution in [0.3, 0.4) is 0 Å². The second kappa shape index (κ2) is 3.59. The van der Waals surface area contributed by atoms with Gasteiger partial charge in [0.25, 0.3) is 5.56 Å². The fraction of sp³-hybridized carbons (Fsp3) is 0.545. The van der Waals surface area contributed by atoms with E-state index in [-0.39, 0.29) is 23.7 Å². The molecular weight excluding hydrogens is 285 g/mol. The molecule has 1 saturated heterocycles. The maximum absolute atomic E-state index is 14.5. The third kappa shape index (κ3) is 1.36. The summed E-state index contributed by atoms with van der Waals surface area (Å²) in [6, 6.07) is 0. The van der Waals surface area contributed by atoms with Gasteiger partial charge in [0.05, 0.1) is 18.5 Å². The van der Waals surface area contributed by atoms with Crippen LogP contribution in [0.1, 0.15) is 18.2 Å². The number of hydrogen-bond acceptors (Lipinski definition) is 7. The summed E-state index contributed by atoms with van der Waals surface area (Å²) in [4.78, 5) is 17.8. The second-order valence-electron chi connectivity index (χ2n) is 5.45. The molecule has 2 aliphatic rings. The molecule has 4 atom stereocenters. The Morgan fingerprint density at radius 2 is 2.43 bits per heavy atom. The molecule has 0 unspecified atom stereocenters. The minimum absolute atomic E-state index is 0.0288. The van der Waals surface area contributed by atoms with E-state index in [0.717, 1.165) is 4.52 Å². The number of aliphatic hydroxyl groups is 2. The zero-order valence-corrected chi connectivity index (χ0v) is 10.7. The van der Waals surface area contributed by atoms with Gasteiger partial charge in [-0.05, 0) is 0 Å². The Hall–Kier alpha value is -2.04. The van der Waals surface area contributed by atoms with Crippen molar-refractivity contribution in [2.45, 2.75) is 29.9 Å². The van der Waals surface area contributed by atoms with Crippen molar-refractivity contribution in [2.75, 3.05) is 12.3 Å². The molecule has 0 spiro atoms. The fourth-order valence-corrected chi connectivity index (χ4v) is 3.00. The average Bonchev–Trinajstić information content (AvgIpc) is 2.74. The largest absolute Gasteiger partial charge is 0.393 e. The molecule has 2 aromatic heterocycles. The molecule has 0 radical (unpaired) electrons. The van der Waals surface area contributed by atoms with Crippen LogP contribution < -0.4 is 11.3 Å². The van der Waals surface area contributed by atoms with Crippen LogP contribution in [0.15, 0.2) is 11.0 Å². The molecule has 21 heavy (non-hydrogen) atoms. The van der Waals surface area contributed by atoms with Crippen LogP contribution in [0, 0.1) is 0 Å². The minimum atomic E-state index is -1.76. The van der Waals surface area contributed by atoms with E-state index in [9.17, 15) is 19.4 Å². The van der Waals surface area contributed by atoms with Gasteiger partial charge in [-0.25, -0.2) is 13.9 Å². The molecule has 1 aliphatic heterocycles. The first-order valence-electron chi connectivity index (χ1n) is 6.30. The number of nitrogen functional groups attached to an aromatic ring is 1. The van der Waals surface area contributed by atoms with Crippen LogP contribution in [-0.4, -0.2) is 53.8 Å². The van der Waals surface area contributed by atoms with Crippen LogP contribution in [-0.2, 0) is 4.74 Å². The number of anilines is 1. The lowest BCUT2D eigenvalue weighted by Crippen LogP contribution is -2.30. The quantitative estimate of drug-likeness (QED) is 0.517. The van der Waals surface area contributed by atoms with E-state index in [2.05, 4.69) is 15.1 Å².